The van der Waals surface area contributed by atoms with Crippen molar-refractivity contribution < 1.29 is 0 Å². The Morgan fingerprint density at radius 3 is 3.00 bits per heavy atom. The van der Waals surface area contributed by atoms with E-state index in [1.54, 1.807) is 0 Å². The SMILES string of the molecule is CCC(C)C1CSCN1. The molecule has 54 valence electrons. The summed E-state index contributed by atoms with van der Waals surface area (Å²) >= 11 is 2.01. The lowest BCUT2D eigenvalue weighted by Crippen LogP contribution is -2.30. The van der Waals surface area contributed by atoms with Crippen molar-refractivity contribution in [2.75, 3.05) is 11.6 Å². The fraction of sp³-hybridized carbons (Fsp3) is 1.00. The molecule has 1 nitrogen and oxygen atoms in total. The minimum Gasteiger partial charge on any atom is -0.304 e. The van der Waals surface area contributed by atoms with E-state index in [0.29, 0.717) is 0 Å². The molecule has 1 aliphatic heterocycles. The van der Waals surface area contributed by atoms with Crippen molar-refractivity contribution in [1.82, 2.24) is 5.32 Å². The molecular weight excluding hydrogens is 130 g/mol. The first-order valence-corrected chi connectivity index (χ1v) is 4.81. The van der Waals surface area contributed by atoms with Crippen molar-refractivity contribution in [3.05, 3.63) is 0 Å². The molecule has 1 rings (SSSR count). The van der Waals surface area contributed by atoms with Crippen LogP contribution < -0.4 is 5.32 Å². The van der Waals surface area contributed by atoms with Crippen LogP contribution in [0, 0.1) is 5.92 Å². The molecule has 0 saturated carbocycles. The van der Waals surface area contributed by atoms with Crippen LogP contribution in [0.2, 0.25) is 0 Å². The summed E-state index contributed by atoms with van der Waals surface area (Å²) in [5, 5.41) is 3.47. The lowest BCUT2D eigenvalue weighted by atomic mass is 10.0. The molecule has 0 bridgehead atoms. The molecule has 2 unspecified atom stereocenters. The fourth-order valence-electron chi connectivity index (χ4n) is 1.06. The van der Waals surface area contributed by atoms with Crippen molar-refractivity contribution in [2.24, 2.45) is 5.92 Å². The molecule has 1 heterocycles. The number of hydrogen-bond acceptors (Lipinski definition) is 2. The van der Waals surface area contributed by atoms with E-state index in [1.807, 2.05) is 11.8 Å². The van der Waals surface area contributed by atoms with E-state index >= 15 is 0 Å². The minimum absolute atomic E-state index is 0.792. The van der Waals surface area contributed by atoms with Crippen molar-refractivity contribution >= 4 is 11.8 Å². The Bertz CT molecular complexity index is 79.0. The highest BCUT2D eigenvalue weighted by Crippen LogP contribution is 2.18. The predicted molar refractivity (Wildman–Crippen MR) is 43.7 cm³/mol. The van der Waals surface area contributed by atoms with Gasteiger partial charge in [0.2, 0.25) is 0 Å². The average molecular weight is 145 g/mol. The van der Waals surface area contributed by atoms with Crippen LogP contribution in [0.3, 0.4) is 0 Å². The zero-order valence-corrected chi connectivity index (χ0v) is 7.00. The Morgan fingerprint density at radius 1 is 1.78 bits per heavy atom. The van der Waals surface area contributed by atoms with Crippen LogP contribution in [-0.2, 0) is 0 Å². The van der Waals surface area contributed by atoms with Gasteiger partial charge < -0.3 is 5.32 Å². The van der Waals surface area contributed by atoms with Gasteiger partial charge in [0.25, 0.3) is 0 Å². The van der Waals surface area contributed by atoms with Crippen molar-refractivity contribution in [2.45, 2.75) is 26.3 Å². The van der Waals surface area contributed by atoms with Crippen LogP contribution >= 0.6 is 11.8 Å². The lowest BCUT2D eigenvalue weighted by molar-refractivity contribution is 0.428. The molecule has 1 saturated heterocycles. The maximum absolute atomic E-state index is 3.47. The van der Waals surface area contributed by atoms with Crippen LogP contribution in [0.25, 0.3) is 0 Å². The van der Waals surface area contributed by atoms with E-state index in [1.165, 1.54) is 12.2 Å². The molecule has 1 fully saturated rings. The standard InChI is InChI=1S/C7H15NS/c1-3-6(2)7-4-9-5-8-7/h6-8H,3-5H2,1-2H3. The third-order valence-corrected chi connectivity index (χ3v) is 3.04. The summed E-state index contributed by atoms with van der Waals surface area (Å²) < 4.78 is 0. The van der Waals surface area contributed by atoms with E-state index < -0.39 is 0 Å². The van der Waals surface area contributed by atoms with Gasteiger partial charge in [-0.25, -0.2) is 0 Å². The van der Waals surface area contributed by atoms with E-state index in [4.69, 9.17) is 0 Å². The van der Waals surface area contributed by atoms with Gasteiger partial charge >= 0.3 is 0 Å². The first kappa shape index (κ1) is 7.42. The van der Waals surface area contributed by atoms with Crippen molar-refractivity contribution in [1.29, 1.82) is 0 Å². The van der Waals surface area contributed by atoms with Crippen molar-refractivity contribution in [3.8, 4) is 0 Å². The van der Waals surface area contributed by atoms with Gasteiger partial charge in [0, 0.05) is 17.7 Å². The molecule has 0 aromatic heterocycles. The van der Waals surface area contributed by atoms with Gasteiger partial charge in [-0.15, -0.1) is 11.8 Å². The second-order valence-corrected chi connectivity index (χ2v) is 3.74. The maximum atomic E-state index is 3.47. The molecular formula is C7H15NS. The molecule has 2 atom stereocenters. The second kappa shape index (κ2) is 3.47. The van der Waals surface area contributed by atoms with Crippen molar-refractivity contribution in [3.63, 3.8) is 0 Å². The molecule has 0 radical (unpaired) electrons. The number of thioether (sulfide) groups is 1. The van der Waals surface area contributed by atoms with Gasteiger partial charge in [0.15, 0.2) is 0 Å². The van der Waals surface area contributed by atoms with Crippen LogP contribution in [0.1, 0.15) is 20.3 Å². The Hall–Kier alpha value is 0.310. The zero-order chi connectivity index (χ0) is 6.69. The van der Waals surface area contributed by atoms with Gasteiger partial charge in [-0.2, -0.15) is 0 Å². The second-order valence-electron chi connectivity index (χ2n) is 2.71. The number of rotatable bonds is 2. The van der Waals surface area contributed by atoms with Crippen LogP contribution in [0.15, 0.2) is 0 Å². The highest BCUT2D eigenvalue weighted by molar-refractivity contribution is 7.99. The van der Waals surface area contributed by atoms with Crippen LogP contribution in [-0.4, -0.2) is 17.7 Å². The normalized spacial score (nSPS) is 30.7. The molecule has 0 aromatic carbocycles. The molecule has 0 aromatic rings. The van der Waals surface area contributed by atoms with E-state index in [-0.39, 0.29) is 0 Å². The highest BCUT2D eigenvalue weighted by atomic mass is 32.2. The molecule has 9 heavy (non-hydrogen) atoms. The predicted octanol–water partition coefficient (Wildman–Crippen LogP) is 1.70. The van der Waals surface area contributed by atoms with E-state index in [0.717, 1.165) is 17.8 Å². The van der Waals surface area contributed by atoms with Gasteiger partial charge in [-0.05, 0) is 5.92 Å². The quantitative estimate of drug-likeness (QED) is 0.634. The topological polar surface area (TPSA) is 12.0 Å². The van der Waals surface area contributed by atoms with Gasteiger partial charge in [-0.1, -0.05) is 20.3 Å². The third-order valence-electron chi connectivity index (χ3n) is 2.08. The summed E-state index contributed by atoms with van der Waals surface area (Å²) in [5.74, 6) is 3.34. The van der Waals surface area contributed by atoms with E-state index in [9.17, 15) is 0 Å². The Kier molecular flexibility index (Phi) is 2.86. The summed E-state index contributed by atoms with van der Waals surface area (Å²) in [7, 11) is 0. The van der Waals surface area contributed by atoms with Crippen LogP contribution in [0.5, 0.6) is 0 Å². The smallest absolute Gasteiger partial charge is 0.0420 e. The molecule has 2 heteroatoms. The Labute approximate surface area is 61.6 Å². The summed E-state index contributed by atoms with van der Waals surface area (Å²) in [6.45, 7) is 4.58. The molecule has 0 spiro atoms. The molecule has 0 amide bonds. The maximum Gasteiger partial charge on any atom is 0.0420 e. The summed E-state index contributed by atoms with van der Waals surface area (Å²) in [4.78, 5) is 0. The van der Waals surface area contributed by atoms with Gasteiger partial charge in [0.1, 0.15) is 0 Å². The number of hydrogen-bond donors (Lipinski definition) is 1. The fourth-order valence-corrected chi connectivity index (χ4v) is 2.21. The summed E-state index contributed by atoms with van der Waals surface area (Å²) in [5.41, 5.74) is 0. The average Bonchev–Trinajstić information content (AvgIpc) is 2.37. The molecule has 1 N–H and O–H groups in total. The highest BCUT2D eigenvalue weighted by Gasteiger charge is 2.18. The number of nitrogens with one attached hydrogen (secondary N) is 1. The molecule has 1 aliphatic rings. The van der Waals surface area contributed by atoms with Gasteiger partial charge in [0.05, 0.1) is 0 Å². The Balaban J connectivity index is 2.24. The summed E-state index contributed by atoms with van der Waals surface area (Å²) in [6.07, 6.45) is 1.30. The minimum atomic E-state index is 0.792. The van der Waals surface area contributed by atoms with Crippen LogP contribution in [0.4, 0.5) is 0 Å². The first-order valence-electron chi connectivity index (χ1n) is 3.65. The summed E-state index contributed by atoms with van der Waals surface area (Å²) in [6, 6.07) is 0.792. The van der Waals surface area contributed by atoms with E-state index in [2.05, 4.69) is 19.2 Å². The monoisotopic (exact) mass is 145 g/mol. The largest absolute Gasteiger partial charge is 0.304 e. The molecule has 0 aliphatic carbocycles. The zero-order valence-electron chi connectivity index (χ0n) is 6.18. The lowest BCUT2D eigenvalue weighted by Gasteiger charge is -2.15. The first-order chi connectivity index (χ1) is 4.34. The van der Waals surface area contributed by atoms with Gasteiger partial charge in [-0.3, -0.25) is 0 Å². The third kappa shape index (κ3) is 1.87. The Morgan fingerprint density at radius 2 is 2.56 bits per heavy atom.